The molecule has 1 aliphatic carbocycles. The summed E-state index contributed by atoms with van der Waals surface area (Å²) in [6, 6.07) is 0.146. The lowest BCUT2D eigenvalue weighted by Gasteiger charge is -2.27. The topological polar surface area (TPSA) is 59.5 Å². The van der Waals surface area contributed by atoms with Crippen LogP contribution in [0.4, 0.5) is 0 Å². The van der Waals surface area contributed by atoms with Crippen molar-refractivity contribution >= 4 is 23.2 Å². The van der Waals surface area contributed by atoms with Gasteiger partial charge >= 0.3 is 5.97 Å². The van der Waals surface area contributed by atoms with Crippen molar-refractivity contribution in [3.63, 3.8) is 0 Å². The molecule has 1 saturated carbocycles. The van der Waals surface area contributed by atoms with Crippen LogP contribution in [-0.4, -0.2) is 41.5 Å². The van der Waals surface area contributed by atoms with Gasteiger partial charge in [-0.1, -0.05) is 12.8 Å². The fourth-order valence-electron chi connectivity index (χ4n) is 2.42. The SMILES string of the molecule is COC(=O)CN(C(=O)c1scnc1C)C1CCCC1. The lowest BCUT2D eigenvalue weighted by molar-refractivity contribution is -0.141. The zero-order chi connectivity index (χ0) is 13.8. The predicted octanol–water partition coefficient (Wildman–Crippen LogP) is 2.01. The second-order valence-electron chi connectivity index (χ2n) is 4.71. The fourth-order valence-corrected chi connectivity index (χ4v) is 3.18. The van der Waals surface area contributed by atoms with Gasteiger partial charge in [-0.05, 0) is 19.8 Å². The van der Waals surface area contributed by atoms with Crippen molar-refractivity contribution in [3.8, 4) is 0 Å². The molecule has 104 valence electrons. The molecule has 0 saturated heterocycles. The number of esters is 1. The molecule has 0 aliphatic heterocycles. The van der Waals surface area contributed by atoms with Crippen LogP contribution in [-0.2, 0) is 9.53 Å². The minimum Gasteiger partial charge on any atom is -0.468 e. The number of carbonyl (C=O) groups is 2. The molecule has 0 aromatic carbocycles. The molecule has 6 heteroatoms. The molecule has 5 nitrogen and oxygen atoms in total. The first-order valence-electron chi connectivity index (χ1n) is 6.41. The molecule has 2 rings (SSSR count). The Hall–Kier alpha value is -1.43. The third kappa shape index (κ3) is 3.12. The van der Waals surface area contributed by atoms with E-state index in [0.717, 1.165) is 31.4 Å². The number of amides is 1. The van der Waals surface area contributed by atoms with Crippen LogP contribution in [0.3, 0.4) is 0 Å². The van der Waals surface area contributed by atoms with Gasteiger partial charge < -0.3 is 9.64 Å². The highest BCUT2D eigenvalue weighted by Crippen LogP contribution is 2.26. The summed E-state index contributed by atoms with van der Waals surface area (Å²) in [5, 5.41) is 0. The maximum Gasteiger partial charge on any atom is 0.325 e. The van der Waals surface area contributed by atoms with E-state index in [1.807, 2.05) is 6.92 Å². The Morgan fingerprint density at radius 2 is 2.16 bits per heavy atom. The molecule has 0 atom stereocenters. The van der Waals surface area contributed by atoms with Gasteiger partial charge in [-0.3, -0.25) is 9.59 Å². The molecule has 1 aliphatic rings. The number of rotatable bonds is 4. The summed E-state index contributed by atoms with van der Waals surface area (Å²) in [6.07, 6.45) is 4.13. The molecular weight excluding hydrogens is 264 g/mol. The molecule has 1 fully saturated rings. The van der Waals surface area contributed by atoms with Crippen molar-refractivity contribution in [2.24, 2.45) is 0 Å². The second kappa shape index (κ2) is 6.14. The van der Waals surface area contributed by atoms with Gasteiger partial charge in [0.05, 0.1) is 18.3 Å². The Morgan fingerprint density at radius 1 is 1.47 bits per heavy atom. The zero-order valence-corrected chi connectivity index (χ0v) is 12.0. The largest absolute Gasteiger partial charge is 0.468 e. The van der Waals surface area contributed by atoms with Crippen molar-refractivity contribution < 1.29 is 14.3 Å². The Labute approximate surface area is 116 Å². The highest BCUT2D eigenvalue weighted by atomic mass is 32.1. The van der Waals surface area contributed by atoms with Crippen LogP contribution in [0.5, 0.6) is 0 Å². The minimum absolute atomic E-state index is 0.0251. The van der Waals surface area contributed by atoms with Crippen LogP contribution >= 0.6 is 11.3 Å². The van der Waals surface area contributed by atoms with E-state index in [1.54, 1.807) is 10.4 Å². The summed E-state index contributed by atoms with van der Waals surface area (Å²) in [4.78, 5) is 30.4. The Balaban J connectivity index is 2.18. The number of aromatic nitrogens is 1. The molecule has 19 heavy (non-hydrogen) atoms. The summed E-state index contributed by atoms with van der Waals surface area (Å²) in [7, 11) is 1.34. The van der Waals surface area contributed by atoms with Crippen LogP contribution in [0.25, 0.3) is 0 Å². The number of hydrogen-bond acceptors (Lipinski definition) is 5. The van der Waals surface area contributed by atoms with Crippen LogP contribution in [0, 0.1) is 6.92 Å². The van der Waals surface area contributed by atoms with Crippen molar-refractivity contribution in [1.82, 2.24) is 9.88 Å². The summed E-state index contributed by atoms with van der Waals surface area (Å²) in [5.74, 6) is -0.472. The van der Waals surface area contributed by atoms with Gasteiger partial charge in [0.2, 0.25) is 0 Å². The van der Waals surface area contributed by atoms with Gasteiger partial charge in [0.15, 0.2) is 0 Å². The maximum atomic E-state index is 12.6. The van der Waals surface area contributed by atoms with E-state index < -0.39 is 0 Å². The number of nitrogens with zero attached hydrogens (tertiary/aromatic N) is 2. The van der Waals surface area contributed by atoms with Crippen LogP contribution in [0.2, 0.25) is 0 Å². The van der Waals surface area contributed by atoms with Gasteiger partial charge in [-0.2, -0.15) is 0 Å². The summed E-state index contributed by atoms with van der Waals surface area (Å²) in [6.45, 7) is 1.84. The highest BCUT2D eigenvalue weighted by Gasteiger charge is 2.30. The molecule has 0 radical (unpaired) electrons. The van der Waals surface area contributed by atoms with E-state index in [4.69, 9.17) is 4.74 Å². The molecule has 1 heterocycles. The number of aryl methyl sites for hydroxylation is 1. The smallest absolute Gasteiger partial charge is 0.325 e. The molecule has 1 aromatic heterocycles. The van der Waals surface area contributed by atoms with Gasteiger partial charge in [-0.25, -0.2) is 4.98 Å². The van der Waals surface area contributed by atoms with E-state index in [1.165, 1.54) is 18.4 Å². The summed E-state index contributed by atoms with van der Waals surface area (Å²) < 4.78 is 4.69. The quantitative estimate of drug-likeness (QED) is 0.793. The van der Waals surface area contributed by atoms with Gasteiger partial charge in [-0.15, -0.1) is 11.3 Å². The first kappa shape index (κ1) is 14.0. The first-order valence-corrected chi connectivity index (χ1v) is 7.29. The van der Waals surface area contributed by atoms with E-state index in [2.05, 4.69) is 4.98 Å². The van der Waals surface area contributed by atoms with Gasteiger partial charge in [0.1, 0.15) is 11.4 Å². The summed E-state index contributed by atoms with van der Waals surface area (Å²) in [5.41, 5.74) is 2.39. The van der Waals surface area contributed by atoms with E-state index in [9.17, 15) is 9.59 Å². The van der Waals surface area contributed by atoms with Crippen molar-refractivity contribution in [3.05, 3.63) is 16.1 Å². The van der Waals surface area contributed by atoms with Gasteiger partial charge in [0.25, 0.3) is 5.91 Å². The molecule has 0 spiro atoms. The molecule has 0 N–H and O–H groups in total. The number of hydrogen-bond donors (Lipinski definition) is 0. The van der Waals surface area contributed by atoms with Crippen molar-refractivity contribution in [1.29, 1.82) is 0 Å². The Kier molecular flexibility index (Phi) is 4.52. The Bertz CT molecular complexity index is 466. The van der Waals surface area contributed by atoms with Crippen molar-refractivity contribution in [2.75, 3.05) is 13.7 Å². The fraction of sp³-hybridized carbons (Fsp3) is 0.615. The zero-order valence-electron chi connectivity index (χ0n) is 11.2. The average Bonchev–Trinajstić information content (AvgIpc) is 3.05. The third-order valence-electron chi connectivity index (χ3n) is 3.49. The van der Waals surface area contributed by atoms with E-state index in [-0.39, 0.29) is 24.5 Å². The molecule has 1 amide bonds. The lowest BCUT2D eigenvalue weighted by atomic mass is 10.2. The first-order chi connectivity index (χ1) is 9.13. The highest BCUT2D eigenvalue weighted by molar-refractivity contribution is 7.11. The molecule has 0 unspecified atom stereocenters. The van der Waals surface area contributed by atoms with Gasteiger partial charge in [0, 0.05) is 6.04 Å². The summed E-state index contributed by atoms with van der Waals surface area (Å²) >= 11 is 1.33. The van der Waals surface area contributed by atoms with E-state index in [0.29, 0.717) is 4.88 Å². The maximum absolute atomic E-state index is 12.6. The minimum atomic E-state index is -0.373. The molecular formula is C13H18N2O3S. The average molecular weight is 282 g/mol. The standard InChI is InChI=1S/C13H18N2O3S/c1-9-12(19-8-14-9)13(17)15(7-11(16)18-2)10-5-3-4-6-10/h8,10H,3-7H2,1-2H3. The van der Waals surface area contributed by atoms with Crippen molar-refractivity contribution in [2.45, 2.75) is 38.6 Å². The lowest BCUT2D eigenvalue weighted by Crippen LogP contribution is -2.42. The van der Waals surface area contributed by atoms with E-state index >= 15 is 0 Å². The number of carbonyl (C=O) groups excluding carboxylic acids is 2. The number of methoxy groups -OCH3 is 1. The number of ether oxygens (including phenoxy) is 1. The third-order valence-corrected chi connectivity index (χ3v) is 4.41. The molecule has 1 aromatic rings. The monoisotopic (exact) mass is 282 g/mol. The molecule has 0 bridgehead atoms. The predicted molar refractivity (Wildman–Crippen MR) is 72.2 cm³/mol. The van der Waals surface area contributed by atoms with Crippen LogP contribution < -0.4 is 0 Å². The van der Waals surface area contributed by atoms with Crippen LogP contribution in [0.15, 0.2) is 5.51 Å². The normalized spacial score (nSPS) is 15.5. The van der Waals surface area contributed by atoms with Crippen LogP contribution in [0.1, 0.15) is 41.0 Å². The number of thiazole rings is 1. The second-order valence-corrected chi connectivity index (χ2v) is 5.57. The Morgan fingerprint density at radius 3 is 2.68 bits per heavy atom.